The number of nitrogens with zero attached hydrogens (tertiary/aromatic N) is 2. The van der Waals surface area contributed by atoms with Crippen LogP contribution in [0.25, 0.3) is 0 Å². The van der Waals surface area contributed by atoms with Crippen LogP contribution in [0.15, 0.2) is 0 Å². The van der Waals surface area contributed by atoms with Gasteiger partial charge in [-0.2, -0.15) is 0 Å². The Morgan fingerprint density at radius 3 is 2.75 bits per heavy atom. The summed E-state index contributed by atoms with van der Waals surface area (Å²) in [5.74, 6) is -1.27. The number of carbonyl (C=O) groups is 2. The molecular formula is C9H10N2O4S. The number of thiazole rings is 1. The van der Waals surface area contributed by atoms with Crippen molar-refractivity contribution in [3.63, 3.8) is 0 Å². The number of β-amino-alcohol motifs (C(OH)–C–C–N with tert-alkyl or cyclic N) is 1. The molecule has 2 N–H and O–H groups in total. The molecule has 1 aliphatic rings. The summed E-state index contributed by atoms with van der Waals surface area (Å²) in [6.07, 6.45) is -0.619. The lowest BCUT2D eigenvalue weighted by Gasteiger charge is -2.10. The van der Waals surface area contributed by atoms with E-state index < -0.39 is 12.1 Å². The summed E-state index contributed by atoms with van der Waals surface area (Å²) in [5.41, 5.74) is 0.390. The van der Waals surface area contributed by atoms with Gasteiger partial charge in [0.05, 0.1) is 24.8 Å². The second kappa shape index (κ2) is 3.84. The summed E-state index contributed by atoms with van der Waals surface area (Å²) < 4.78 is 0. The van der Waals surface area contributed by atoms with Crippen LogP contribution in [0.1, 0.15) is 21.8 Å². The van der Waals surface area contributed by atoms with Gasteiger partial charge in [-0.3, -0.25) is 9.69 Å². The number of amides is 1. The Hall–Kier alpha value is -1.47. The highest BCUT2D eigenvalue weighted by Crippen LogP contribution is 2.29. The van der Waals surface area contributed by atoms with Crippen molar-refractivity contribution < 1.29 is 19.8 Å². The lowest BCUT2D eigenvalue weighted by Crippen LogP contribution is -2.24. The van der Waals surface area contributed by atoms with Crippen LogP contribution in [-0.4, -0.2) is 39.7 Å². The minimum atomic E-state index is -1.05. The first-order valence-corrected chi connectivity index (χ1v) is 5.50. The van der Waals surface area contributed by atoms with Crippen LogP contribution in [0.4, 0.5) is 5.13 Å². The highest BCUT2D eigenvalue weighted by atomic mass is 32.1. The van der Waals surface area contributed by atoms with Crippen molar-refractivity contribution in [1.82, 2.24) is 4.98 Å². The summed E-state index contributed by atoms with van der Waals surface area (Å²) in [6.45, 7) is 1.77. The van der Waals surface area contributed by atoms with Crippen molar-refractivity contribution in [2.24, 2.45) is 0 Å². The molecule has 0 spiro atoms. The molecule has 6 nitrogen and oxygen atoms in total. The van der Waals surface area contributed by atoms with Gasteiger partial charge in [0.1, 0.15) is 4.88 Å². The predicted octanol–water partition coefficient (Wildman–Crippen LogP) is 0.247. The predicted molar refractivity (Wildman–Crippen MR) is 56.8 cm³/mol. The molecule has 0 radical (unpaired) electrons. The molecule has 1 fully saturated rings. The lowest BCUT2D eigenvalue weighted by atomic mass is 10.3. The number of aromatic nitrogens is 1. The average molecular weight is 242 g/mol. The maximum Gasteiger partial charge on any atom is 0.347 e. The maximum absolute atomic E-state index is 11.5. The fourth-order valence-corrected chi connectivity index (χ4v) is 2.50. The van der Waals surface area contributed by atoms with Gasteiger partial charge in [-0.15, -0.1) is 0 Å². The van der Waals surface area contributed by atoms with Gasteiger partial charge in [0.25, 0.3) is 0 Å². The van der Waals surface area contributed by atoms with Crippen LogP contribution in [0.3, 0.4) is 0 Å². The summed E-state index contributed by atoms with van der Waals surface area (Å²) in [6, 6.07) is 0. The molecule has 7 heteroatoms. The zero-order chi connectivity index (χ0) is 11.9. The molecule has 1 unspecified atom stereocenters. The standard InChI is InChI=1S/C9H10N2O4S/c1-4-7(8(14)15)16-9(10-4)11-3-5(12)2-6(11)13/h5,12H,2-3H2,1H3,(H,14,15). The van der Waals surface area contributed by atoms with E-state index in [0.29, 0.717) is 10.8 Å². The van der Waals surface area contributed by atoms with E-state index in [9.17, 15) is 14.7 Å². The van der Waals surface area contributed by atoms with Gasteiger partial charge in [-0.05, 0) is 6.92 Å². The van der Waals surface area contributed by atoms with Crippen molar-refractivity contribution in [1.29, 1.82) is 0 Å². The summed E-state index contributed by atoms with van der Waals surface area (Å²) >= 11 is 0.954. The van der Waals surface area contributed by atoms with Crippen molar-refractivity contribution in [2.45, 2.75) is 19.4 Å². The summed E-state index contributed by atoms with van der Waals surface area (Å²) in [5, 5.41) is 18.5. The van der Waals surface area contributed by atoms with Crippen LogP contribution >= 0.6 is 11.3 Å². The number of rotatable bonds is 2. The molecule has 86 valence electrons. The van der Waals surface area contributed by atoms with Crippen molar-refractivity contribution >= 4 is 28.3 Å². The van der Waals surface area contributed by atoms with Gasteiger partial charge < -0.3 is 10.2 Å². The van der Waals surface area contributed by atoms with Gasteiger partial charge in [0, 0.05) is 0 Å². The molecule has 0 aliphatic carbocycles. The zero-order valence-electron chi connectivity index (χ0n) is 8.51. The van der Waals surface area contributed by atoms with Gasteiger partial charge in [-0.25, -0.2) is 9.78 Å². The number of carboxylic acid groups (broad SMARTS) is 1. The molecule has 0 aromatic carbocycles. The van der Waals surface area contributed by atoms with Gasteiger partial charge in [0.15, 0.2) is 5.13 Å². The third-order valence-corrected chi connectivity index (χ3v) is 3.48. The Kier molecular flexibility index (Phi) is 2.64. The highest BCUT2D eigenvalue weighted by molar-refractivity contribution is 7.17. The third-order valence-electron chi connectivity index (χ3n) is 2.32. The lowest BCUT2D eigenvalue weighted by molar-refractivity contribution is -0.117. The zero-order valence-corrected chi connectivity index (χ0v) is 9.32. The number of hydrogen-bond acceptors (Lipinski definition) is 5. The number of aliphatic hydroxyl groups is 1. The third kappa shape index (κ3) is 1.79. The van der Waals surface area contributed by atoms with Gasteiger partial charge in [-0.1, -0.05) is 11.3 Å². The van der Waals surface area contributed by atoms with E-state index in [4.69, 9.17) is 5.11 Å². The fraction of sp³-hybridized carbons (Fsp3) is 0.444. The van der Waals surface area contributed by atoms with Crippen LogP contribution < -0.4 is 4.90 Å². The molecule has 1 aliphatic heterocycles. The molecule has 1 saturated heterocycles. The number of aromatic carboxylic acids is 1. The number of carboxylic acids is 1. The summed E-state index contributed by atoms with van der Waals surface area (Å²) in [7, 11) is 0. The Bertz CT molecular complexity index is 456. The second-order valence-electron chi connectivity index (χ2n) is 3.58. The van der Waals surface area contributed by atoms with E-state index in [-0.39, 0.29) is 23.7 Å². The smallest absolute Gasteiger partial charge is 0.347 e. The van der Waals surface area contributed by atoms with Crippen LogP contribution in [0, 0.1) is 6.92 Å². The van der Waals surface area contributed by atoms with Gasteiger partial charge in [0.2, 0.25) is 5.91 Å². The highest BCUT2D eigenvalue weighted by Gasteiger charge is 2.32. The first-order valence-electron chi connectivity index (χ1n) is 4.68. The Labute approximate surface area is 95.1 Å². The van der Waals surface area contributed by atoms with Crippen molar-refractivity contribution in [3.8, 4) is 0 Å². The van der Waals surface area contributed by atoms with E-state index in [1.54, 1.807) is 6.92 Å². The number of anilines is 1. The first-order chi connectivity index (χ1) is 7.49. The number of carbonyl (C=O) groups excluding carboxylic acids is 1. The molecule has 16 heavy (non-hydrogen) atoms. The summed E-state index contributed by atoms with van der Waals surface area (Å²) in [4.78, 5) is 27.8. The molecule has 1 atom stereocenters. The minimum absolute atomic E-state index is 0.0705. The number of aryl methyl sites for hydroxylation is 1. The molecule has 0 bridgehead atoms. The van der Waals surface area contributed by atoms with Gasteiger partial charge >= 0.3 is 5.97 Å². The molecule has 2 rings (SSSR count). The Balaban J connectivity index is 2.31. The first kappa shape index (κ1) is 11.0. The number of aliphatic hydroxyl groups excluding tert-OH is 1. The Morgan fingerprint density at radius 1 is 1.62 bits per heavy atom. The van der Waals surface area contributed by atoms with Crippen LogP contribution in [0.2, 0.25) is 0 Å². The van der Waals surface area contributed by atoms with Crippen LogP contribution in [0.5, 0.6) is 0 Å². The normalized spacial score (nSPS) is 20.5. The van der Waals surface area contributed by atoms with Crippen LogP contribution in [-0.2, 0) is 4.79 Å². The minimum Gasteiger partial charge on any atom is -0.477 e. The molecule has 1 aromatic rings. The van der Waals surface area contributed by atoms with E-state index in [2.05, 4.69) is 4.98 Å². The quantitative estimate of drug-likeness (QED) is 0.775. The van der Waals surface area contributed by atoms with E-state index >= 15 is 0 Å². The van der Waals surface area contributed by atoms with Crippen molar-refractivity contribution in [2.75, 3.05) is 11.4 Å². The number of hydrogen-bond donors (Lipinski definition) is 2. The SMILES string of the molecule is Cc1nc(N2CC(O)CC2=O)sc1C(=O)O. The van der Waals surface area contributed by atoms with Crippen molar-refractivity contribution in [3.05, 3.63) is 10.6 Å². The molecule has 2 heterocycles. The monoisotopic (exact) mass is 242 g/mol. The van der Waals surface area contributed by atoms with E-state index in [1.807, 2.05) is 0 Å². The van der Waals surface area contributed by atoms with E-state index in [0.717, 1.165) is 11.3 Å². The molecule has 1 aromatic heterocycles. The second-order valence-corrected chi connectivity index (χ2v) is 4.56. The Morgan fingerprint density at radius 2 is 2.31 bits per heavy atom. The van der Waals surface area contributed by atoms with E-state index in [1.165, 1.54) is 4.90 Å². The molecular weight excluding hydrogens is 232 g/mol. The molecule has 1 amide bonds. The average Bonchev–Trinajstić information content (AvgIpc) is 2.69. The largest absolute Gasteiger partial charge is 0.477 e. The maximum atomic E-state index is 11.5. The fourth-order valence-electron chi connectivity index (χ4n) is 1.57. The molecule has 0 saturated carbocycles. The topological polar surface area (TPSA) is 90.7 Å².